The van der Waals surface area contributed by atoms with Crippen LogP contribution in [-0.2, 0) is 0 Å². The highest BCUT2D eigenvalue weighted by Gasteiger charge is 2.20. The molecule has 0 aromatic heterocycles. The summed E-state index contributed by atoms with van der Waals surface area (Å²) in [5, 5.41) is 44.1. The summed E-state index contributed by atoms with van der Waals surface area (Å²) in [4.78, 5) is 10.1. The highest BCUT2D eigenvalue weighted by Crippen LogP contribution is 2.47. The molecule has 0 aliphatic carbocycles. The maximum Gasteiger partial charge on any atom is 0.511 e. The third-order valence-corrected chi connectivity index (χ3v) is 1.38. The van der Waals surface area contributed by atoms with Crippen LogP contribution in [0.2, 0.25) is 0 Å². The van der Waals surface area contributed by atoms with Gasteiger partial charge in [0.2, 0.25) is 17.2 Å². The zero-order valence-electron chi connectivity index (χ0n) is 6.63. The van der Waals surface area contributed by atoms with Crippen LogP contribution in [0.25, 0.3) is 0 Å². The van der Waals surface area contributed by atoms with E-state index in [9.17, 15) is 4.79 Å². The first-order valence-electron chi connectivity index (χ1n) is 3.31. The van der Waals surface area contributed by atoms with Gasteiger partial charge in [-0.1, -0.05) is 0 Å². The van der Waals surface area contributed by atoms with Crippen LogP contribution >= 0.6 is 0 Å². The number of benzene rings is 1. The van der Waals surface area contributed by atoms with Gasteiger partial charge in [0.15, 0.2) is 11.5 Å². The zero-order chi connectivity index (χ0) is 10.9. The van der Waals surface area contributed by atoms with Crippen LogP contribution in [-0.4, -0.2) is 31.7 Å². The van der Waals surface area contributed by atoms with Crippen LogP contribution in [0.15, 0.2) is 6.07 Å². The van der Waals surface area contributed by atoms with Gasteiger partial charge in [-0.3, -0.25) is 0 Å². The van der Waals surface area contributed by atoms with Crippen LogP contribution in [0.1, 0.15) is 0 Å². The lowest BCUT2D eigenvalue weighted by Crippen LogP contribution is -2.03. The molecule has 1 aromatic rings. The lowest BCUT2D eigenvalue weighted by atomic mass is 10.2. The van der Waals surface area contributed by atoms with E-state index in [-0.39, 0.29) is 0 Å². The molecule has 0 atom stereocenters. The van der Waals surface area contributed by atoms with E-state index >= 15 is 0 Å². The molecule has 7 nitrogen and oxygen atoms in total. The predicted octanol–water partition coefficient (Wildman–Crippen LogP) is 0.566. The van der Waals surface area contributed by atoms with E-state index in [2.05, 4.69) is 4.74 Å². The number of ether oxygens (including phenoxy) is 1. The molecule has 14 heavy (non-hydrogen) atoms. The fourth-order valence-corrected chi connectivity index (χ4v) is 0.801. The Morgan fingerprint density at radius 1 is 1.07 bits per heavy atom. The molecule has 1 rings (SSSR count). The van der Waals surface area contributed by atoms with Crippen molar-refractivity contribution in [3.05, 3.63) is 6.07 Å². The van der Waals surface area contributed by atoms with E-state index in [1.807, 2.05) is 0 Å². The summed E-state index contributed by atoms with van der Waals surface area (Å²) in [6, 6.07) is 0.632. The molecule has 0 saturated carbocycles. The maximum atomic E-state index is 10.1. The van der Waals surface area contributed by atoms with E-state index < -0.39 is 34.9 Å². The molecule has 0 heterocycles. The van der Waals surface area contributed by atoms with Crippen molar-refractivity contribution in [2.24, 2.45) is 0 Å². The van der Waals surface area contributed by atoms with Gasteiger partial charge >= 0.3 is 6.16 Å². The molecular formula is C7H6O7. The fraction of sp³-hybridized carbons (Fsp3) is 0. The molecule has 0 radical (unpaired) electrons. The van der Waals surface area contributed by atoms with E-state index in [1.54, 1.807) is 0 Å². The molecule has 0 bridgehead atoms. The number of rotatable bonds is 1. The number of aromatic hydroxyl groups is 4. The number of phenols is 4. The quantitative estimate of drug-likeness (QED) is 0.195. The van der Waals surface area contributed by atoms with E-state index in [4.69, 9.17) is 25.5 Å². The Bertz CT molecular complexity index is 384. The van der Waals surface area contributed by atoms with Gasteiger partial charge < -0.3 is 30.3 Å². The predicted molar refractivity (Wildman–Crippen MR) is 41.8 cm³/mol. The summed E-state index contributed by atoms with van der Waals surface area (Å²) in [6.45, 7) is 0. The topological polar surface area (TPSA) is 127 Å². The van der Waals surface area contributed by atoms with Crippen LogP contribution in [0.4, 0.5) is 4.79 Å². The van der Waals surface area contributed by atoms with Crippen molar-refractivity contribution in [2.45, 2.75) is 0 Å². The van der Waals surface area contributed by atoms with Crippen molar-refractivity contribution in [1.29, 1.82) is 0 Å². The number of phenolic OH excluding ortho intramolecular Hbond substituents is 4. The van der Waals surface area contributed by atoms with Gasteiger partial charge in [0.05, 0.1) is 0 Å². The fourth-order valence-electron chi connectivity index (χ4n) is 0.801. The Balaban J connectivity index is 3.29. The van der Waals surface area contributed by atoms with Gasteiger partial charge in [-0.15, -0.1) is 0 Å². The second-order valence-electron chi connectivity index (χ2n) is 2.31. The van der Waals surface area contributed by atoms with Crippen LogP contribution in [0.3, 0.4) is 0 Å². The van der Waals surface area contributed by atoms with Crippen molar-refractivity contribution >= 4 is 6.16 Å². The first kappa shape index (κ1) is 9.78. The van der Waals surface area contributed by atoms with Crippen LogP contribution < -0.4 is 4.74 Å². The lowest BCUT2D eigenvalue weighted by molar-refractivity contribution is 0.140. The molecule has 76 valence electrons. The Hall–Kier alpha value is -2.31. The first-order chi connectivity index (χ1) is 6.43. The normalized spacial score (nSPS) is 9.71. The smallest absolute Gasteiger partial charge is 0.504 e. The van der Waals surface area contributed by atoms with Crippen molar-refractivity contribution in [2.75, 3.05) is 0 Å². The second-order valence-corrected chi connectivity index (χ2v) is 2.31. The highest BCUT2D eigenvalue weighted by molar-refractivity contribution is 5.70. The molecule has 5 N–H and O–H groups in total. The van der Waals surface area contributed by atoms with Crippen LogP contribution in [0.5, 0.6) is 28.7 Å². The monoisotopic (exact) mass is 202 g/mol. The highest BCUT2D eigenvalue weighted by atomic mass is 16.7. The van der Waals surface area contributed by atoms with Crippen molar-refractivity contribution in [3.8, 4) is 28.7 Å². The number of carboxylic acid groups (broad SMARTS) is 1. The minimum Gasteiger partial charge on any atom is -0.504 e. The molecule has 0 aliphatic rings. The van der Waals surface area contributed by atoms with E-state index in [0.717, 1.165) is 0 Å². The van der Waals surface area contributed by atoms with Gasteiger partial charge in [0, 0.05) is 6.07 Å². The summed E-state index contributed by atoms with van der Waals surface area (Å²) >= 11 is 0. The molecule has 1 aromatic carbocycles. The molecule has 0 fully saturated rings. The molecule has 0 unspecified atom stereocenters. The number of hydrogen-bond donors (Lipinski definition) is 5. The van der Waals surface area contributed by atoms with Crippen molar-refractivity contribution < 1.29 is 35.1 Å². The Labute approximate surface area is 77.0 Å². The van der Waals surface area contributed by atoms with Gasteiger partial charge in [-0.2, -0.15) is 0 Å². The SMILES string of the molecule is O=C(O)Oc1c(O)cc(O)c(O)c1O. The lowest BCUT2D eigenvalue weighted by Gasteiger charge is -2.07. The summed E-state index contributed by atoms with van der Waals surface area (Å²) in [7, 11) is 0. The molecule has 0 spiro atoms. The minimum absolute atomic E-state index is 0.632. The summed E-state index contributed by atoms with van der Waals surface area (Å²) in [5.41, 5.74) is 0. The van der Waals surface area contributed by atoms with Gasteiger partial charge in [0.25, 0.3) is 0 Å². The zero-order valence-corrected chi connectivity index (χ0v) is 6.63. The van der Waals surface area contributed by atoms with Crippen molar-refractivity contribution in [1.82, 2.24) is 0 Å². The van der Waals surface area contributed by atoms with E-state index in [0.29, 0.717) is 6.07 Å². The molecular weight excluding hydrogens is 196 g/mol. The largest absolute Gasteiger partial charge is 0.511 e. The summed E-state index contributed by atoms with van der Waals surface area (Å²) < 4.78 is 3.96. The Morgan fingerprint density at radius 3 is 2.14 bits per heavy atom. The minimum atomic E-state index is -1.78. The summed E-state index contributed by atoms with van der Waals surface area (Å²) in [6.07, 6.45) is -1.78. The molecule has 0 amide bonds. The number of hydrogen-bond acceptors (Lipinski definition) is 6. The third-order valence-electron chi connectivity index (χ3n) is 1.38. The average molecular weight is 202 g/mol. The number of carbonyl (C=O) groups is 1. The maximum absolute atomic E-state index is 10.1. The van der Waals surface area contributed by atoms with Crippen molar-refractivity contribution in [3.63, 3.8) is 0 Å². The average Bonchev–Trinajstić information content (AvgIpc) is 2.09. The van der Waals surface area contributed by atoms with Crippen LogP contribution in [0, 0.1) is 0 Å². The molecule has 0 saturated heterocycles. The van der Waals surface area contributed by atoms with Gasteiger partial charge in [-0.25, -0.2) is 4.79 Å². The second kappa shape index (κ2) is 3.21. The molecule has 7 heteroatoms. The van der Waals surface area contributed by atoms with Gasteiger partial charge in [0.1, 0.15) is 0 Å². The Morgan fingerprint density at radius 2 is 1.64 bits per heavy atom. The third kappa shape index (κ3) is 1.56. The van der Waals surface area contributed by atoms with Gasteiger partial charge in [-0.05, 0) is 0 Å². The standard InChI is InChI=1S/C7H6O7/c8-2-1-3(9)6(14-7(12)13)5(11)4(2)10/h1,8-11H,(H,12,13). The Kier molecular flexibility index (Phi) is 2.24. The summed E-state index contributed by atoms with van der Waals surface area (Å²) in [5.74, 6) is -4.46. The molecule has 0 aliphatic heterocycles. The van der Waals surface area contributed by atoms with E-state index in [1.165, 1.54) is 0 Å². The first-order valence-corrected chi connectivity index (χ1v) is 3.31.